The fourth-order valence-electron chi connectivity index (χ4n) is 3.75. The van der Waals surface area contributed by atoms with E-state index in [2.05, 4.69) is 15.1 Å². The number of carbonyl (C=O) groups excluding carboxylic acids is 1. The van der Waals surface area contributed by atoms with Gasteiger partial charge in [-0.25, -0.2) is 4.79 Å². The van der Waals surface area contributed by atoms with Crippen LogP contribution in [0, 0.1) is 5.92 Å². The maximum Gasteiger partial charge on any atom is 0.338 e. The number of hydrogen-bond donors (Lipinski definition) is 0. The fourth-order valence-corrected chi connectivity index (χ4v) is 3.85. The Labute approximate surface area is 183 Å². The van der Waals surface area contributed by atoms with Gasteiger partial charge in [0.2, 0.25) is 0 Å². The van der Waals surface area contributed by atoms with Crippen molar-refractivity contribution in [2.75, 3.05) is 37.8 Å². The van der Waals surface area contributed by atoms with Crippen LogP contribution in [0.2, 0.25) is 5.15 Å². The van der Waals surface area contributed by atoms with Crippen LogP contribution in [0.1, 0.15) is 48.5 Å². The Hall–Kier alpha value is -2.18. The monoisotopic (exact) mass is 431 g/mol. The average Bonchev–Trinajstić information content (AvgIpc) is 2.78. The van der Waals surface area contributed by atoms with Gasteiger partial charge in [-0.15, -0.1) is 10.2 Å². The van der Waals surface area contributed by atoms with E-state index < -0.39 is 0 Å². The van der Waals surface area contributed by atoms with Crippen molar-refractivity contribution in [2.45, 2.75) is 39.0 Å². The molecule has 0 atom stereocenters. The molecule has 0 radical (unpaired) electrons. The number of esters is 1. The molecule has 0 spiro atoms. The van der Waals surface area contributed by atoms with Crippen molar-refractivity contribution >= 4 is 23.4 Å². The van der Waals surface area contributed by atoms with Crippen LogP contribution < -0.4 is 4.90 Å². The van der Waals surface area contributed by atoms with Crippen molar-refractivity contribution in [1.82, 2.24) is 10.2 Å². The van der Waals surface area contributed by atoms with Crippen molar-refractivity contribution in [2.24, 2.45) is 5.92 Å². The van der Waals surface area contributed by atoms with E-state index in [0.717, 1.165) is 37.7 Å². The van der Waals surface area contributed by atoms with E-state index in [0.29, 0.717) is 23.9 Å². The van der Waals surface area contributed by atoms with Crippen LogP contribution in [-0.4, -0.2) is 49.1 Å². The summed E-state index contributed by atoms with van der Waals surface area (Å²) in [6.07, 6.45) is 5.77. The van der Waals surface area contributed by atoms with E-state index in [9.17, 15) is 4.79 Å². The van der Waals surface area contributed by atoms with Gasteiger partial charge in [0.1, 0.15) is 6.61 Å². The van der Waals surface area contributed by atoms with Crippen molar-refractivity contribution in [3.05, 3.63) is 52.7 Å². The number of anilines is 1. The molecule has 0 aliphatic carbocycles. The third-order valence-electron chi connectivity index (χ3n) is 5.49. The Morgan fingerprint density at radius 2 is 1.87 bits per heavy atom. The number of rotatable bonds is 10. The second kappa shape index (κ2) is 11.9. The molecule has 0 saturated carbocycles. The lowest BCUT2D eigenvalue weighted by Gasteiger charge is -2.32. The fraction of sp³-hybridized carbons (Fsp3) is 0.522. The number of ether oxygens (including phenoxy) is 2. The molecule has 1 aromatic heterocycles. The molecule has 1 saturated heterocycles. The Bertz CT molecular complexity index is 775. The summed E-state index contributed by atoms with van der Waals surface area (Å²) in [7, 11) is 0. The molecule has 30 heavy (non-hydrogen) atoms. The first-order valence-electron chi connectivity index (χ1n) is 10.7. The van der Waals surface area contributed by atoms with Crippen molar-refractivity contribution in [3.63, 3.8) is 0 Å². The van der Waals surface area contributed by atoms with Gasteiger partial charge in [0.25, 0.3) is 0 Å². The van der Waals surface area contributed by atoms with Crippen LogP contribution in [0.4, 0.5) is 5.82 Å². The normalized spacial score (nSPS) is 14.7. The van der Waals surface area contributed by atoms with E-state index in [1.54, 1.807) is 6.07 Å². The molecule has 1 aromatic carbocycles. The van der Waals surface area contributed by atoms with Gasteiger partial charge >= 0.3 is 5.97 Å². The predicted molar refractivity (Wildman–Crippen MR) is 118 cm³/mol. The summed E-state index contributed by atoms with van der Waals surface area (Å²) in [5.41, 5.74) is 1.85. The molecule has 0 amide bonds. The van der Waals surface area contributed by atoms with Crippen molar-refractivity contribution in [3.8, 4) is 0 Å². The number of benzene rings is 1. The lowest BCUT2D eigenvalue weighted by atomic mass is 9.90. The summed E-state index contributed by atoms with van der Waals surface area (Å²) >= 11 is 5.82. The Morgan fingerprint density at radius 1 is 1.10 bits per heavy atom. The van der Waals surface area contributed by atoms with E-state index in [1.165, 1.54) is 24.8 Å². The maximum atomic E-state index is 12.0. The summed E-state index contributed by atoms with van der Waals surface area (Å²) in [5.74, 6) is 1.37. The number of hydrogen-bond acceptors (Lipinski definition) is 6. The first-order chi connectivity index (χ1) is 14.7. The highest BCUT2D eigenvalue weighted by atomic mass is 35.5. The van der Waals surface area contributed by atoms with E-state index in [1.807, 2.05) is 37.3 Å². The summed E-state index contributed by atoms with van der Waals surface area (Å²) in [5, 5.41) is 8.54. The number of nitrogens with zero attached hydrogens (tertiary/aromatic N) is 3. The zero-order valence-corrected chi connectivity index (χ0v) is 18.3. The van der Waals surface area contributed by atoms with Crippen molar-refractivity contribution < 1.29 is 14.3 Å². The molecule has 0 unspecified atom stereocenters. The molecule has 1 aliphatic heterocycles. The quantitative estimate of drug-likeness (QED) is 0.405. The molecule has 0 bridgehead atoms. The zero-order valence-electron chi connectivity index (χ0n) is 17.6. The lowest BCUT2D eigenvalue weighted by molar-refractivity contribution is 0.0335. The topological polar surface area (TPSA) is 64.6 Å². The van der Waals surface area contributed by atoms with Crippen LogP contribution in [0.25, 0.3) is 0 Å². The SMILES string of the molecule is CCOCCOC(=O)c1ccc(CCCC2CCN(c3ccc(Cl)nn3)CC2)cc1. The maximum absolute atomic E-state index is 12.0. The minimum Gasteiger partial charge on any atom is -0.460 e. The summed E-state index contributed by atoms with van der Waals surface area (Å²) in [4.78, 5) is 14.3. The molecular formula is C23H30ClN3O3. The summed E-state index contributed by atoms with van der Waals surface area (Å²) in [6, 6.07) is 11.5. The van der Waals surface area contributed by atoms with Gasteiger partial charge in [-0.3, -0.25) is 0 Å². The van der Waals surface area contributed by atoms with Crippen molar-refractivity contribution in [1.29, 1.82) is 0 Å². The molecule has 1 aliphatic rings. The Kier molecular flexibility index (Phi) is 8.90. The molecule has 6 nitrogen and oxygen atoms in total. The van der Waals surface area contributed by atoms with Crippen LogP contribution in [0.3, 0.4) is 0 Å². The third kappa shape index (κ3) is 6.96. The highest BCUT2D eigenvalue weighted by molar-refractivity contribution is 6.29. The minimum absolute atomic E-state index is 0.290. The molecule has 3 rings (SSSR count). The van der Waals surface area contributed by atoms with Crippen LogP contribution in [0.15, 0.2) is 36.4 Å². The highest BCUT2D eigenvalue weighted by Gasteiger charge is 2.20. The summed E-state index contributed by atoms with van der Waals surface area (Å²) in [6.45, 7) is 5.30. The van der Waals surface area contributed by atoms with Gasteiger partial charge < -0.3 is 14.4 Å². The molecular weight excluding hydrogens is 402 g/mol. The standard InChI is InChI=1S/C23H30ClN3O3/c1-2-29-16-17-30-23(28)20-8-6-18(7-9-20)4-3-5-19-12-14-27(15-13-19)22-11-10-21(24)25-26-22/h6-11,19H,2-5,12-17H2,1H3. The molecule has 7 heteroatoms. The lowest BCUT2D eigenvalue weighted by Crippen LogP contribution is -2.34. The molecule has 0 N–H and O–H groups in total. The second-order valence-corrected chi connectivity index (χ2v) is 7.95. The molecule has 2 heterocycles. The average molecular weight is 432 g/mol. The number of aromatic nitrogens is 2. The predicted octanol–water partition coefficient (Wildman–Crippen LogP) is 4.56. The number of piperidine rings is 1. The minimum atomic E-state index is -0.293. The van der Waals surface area contributed by atoms with E-state index in [4.69, 9.17) is 21.1 Å². The van der Waals surface area contributed by atoms with Gasteiger partial charge in [-0.05, 0) is 74.8 Å². The second-order valence-electron chi connectivity index (χ2n) is 7.57. The van der Waals surface area contributed by atoms with Gasteiger partial charge in [0.05, 0.1) is 12.2 Å². The molecule has 162 valence electrons. The van der Waals surface area contributed by atoms with Gasteiger partial charge in [0, 0.05) is 19.7 Å². The van der Waals surface area contributed by atoms with Crippen LogP contribution in [0.5, 0.6) is 0 Å². The smallest absolute Gasteiger partial charge is 0.338 e. The van der Waals surface area contributed by atoms with E-state index in [-0.39, 0.29) is 12.6 Å². The zero-order chi connectivity index (χ0) is 21.2. The van der Waals surface area contributed by atoms with Crippen LogP contribution >= 0.6 is 11.6 Å². The number of carbonyl (C=O) groups is 1. The number of halogens is 1. The first-order valence-corrected chi connectivity index (χ1v) is 11.1. The largest absolute Gasteiger partial charge is 0.460 e. The molecule has 2 aromatic rings. The summed E-state index contributed by atoms with van der Waals surface area (Å²) < 4.78 is 10.4. The van der Waals surface area contributed by atoms with Crippen LogP contribution in [-0.2, 0) is 15.9 Å². The van der Waals surface area contributed by atoms with E-state index >= 15 is 0 Å². The van der Waals surface area contributed by atoms with Gasteiger partial charge in [-0.1, -0.05) is 23.7 Å². The van der Waals surface area contributed by atoms with Gasteiger partial charge in [-0.2, -0.15) is 0 Å². The molecule has 1 fully saturated rings. The Morgan fingerprint density at radius 3 is 2.53 bits per heavy atom. The third-order valence-corrected chi connectivity index (χ3v) is 5.69. The first kappa shape index (κ1) is 22.5. The number of aryl methyl sites for hydroxylation is 1. The highest BCUT2D eigenvalue weighted by Crippen LogP contribution is 2.25. The van der Waals surface area contributed by atoms with Gasteiger partial charge in [0.15, 0.2) is 11.0 Å². The Balaban J connectivity index is 1.34.